The molecule has 0 atom stereocenters. The van der Waals surface area contributed by atoms with Crippen LogP contribution in [0.3, 0.4) is 0 Å². The van der Waals surface area contributed by atoms with Crippen molar-refractivity contribution in [3.05, 3.63) is 42.1 Å². The summed E-state index contributed by atoms with van der Waals surface area (Å²) >= 11 is 0. The molecule has 0 bridgehead atoms. The van der Waals surface area contributed by atoms with Crippen LogP contribution >= 0.6 is 0 Å². The monoisotopic (exact) mass is 488 g/mol. The van der Waals surface area contributed by atoms with Gasteiger partial charge in [-0.1, -0.05) is 6.92 Å². The molecule has 1 amide bonds. The number of rotatable bonds is 10. The standard InChI is InChI=1S/C24H32N4O5S/c1-2-14-33-22-17-18(5-10-25-22)26-23(30)20-4-3-19(27-34(31,32)15-13-29)16-21(20)28-11-8-24(6-7-24)9-12-28/h3-5,10,16-17,27,29H,2,6-9,11-15H2,1H3,(H,25,26,30). The molecule has 1 aliphatic carbocycles. The van der Waals surface area contributed by atoms with Crippen molar-refractivity contribution >= 4 is 33.0 Å². The number of benzene rings is 1. The van der Waals surface area contributed by atoms with Crippen molar-refractivity contribution in [3.63, 3.8) is 0 Å². The Morgan fingerprint density at radius 3 is 2.59 bits per heavy atom. The number of nitrogens with one attached hydrogen (secondary N) is 2. The van der Waals surface area contributed by atoms with Crippen LogP contribution in [0.15, 0.2) is 36.5 Å². The van der Waals surface area contributed by atoms with Gasteiger partial charge in [-0.3, -0.25) is 9.52 Å². The van der Waals surface area contributed by atoms with E-state index in [4.69, 9.17) is 9.84 Å². The number of carbonyl (C=O) groups excluding carboxylic acids is 1. The second-order valence-corrected chi connectivity index (χ2v) is 10.9. The number of hydrogen-bond donors (Lipinski definition) is 3. The third-order valence-corrected chi connectivity index (χ3v) is 7.71. The molecule has 2 fully saturated rings. The summed E-state index contributed by atoms with van der Waals surface area (Å²) in [6.07, 6.45) is 7.10. The number of anilines is 3. The van der Waals surface area contributed by atoms with Crippen molar-refractivity contribution in [3.8, 4) is 5.88 Å². The summed E-state index contributed by atoms with van der Waals surface area (Å²) in [5.74, 6) is -0.236. The van der Waals surface area contributed by atoms with E-state index in [1.807, 2.05) is 6.92 Å². The first-order valence-electron chi connectivity index (χ1n) is 11.7. The Hall–Kier alpha value is -2.85. The molecule has 34 heavy (non-hydrogen) atoms. The van der Waals surface area contributed by atoms with Gasteiger partial charge in [-0.05, 0) is 61.8 Å². The lowest BCUT2D eigenvalue weighted by Gasteiger charge is -2.35. The summed E-state index contributed by atoms with van der Waals surface area (Å²) in [5.41, 5.74) is 2.55. The summed E-state index contributed by atoms with van der Waals surface area (Å²) in [6, 6.07) is 8.30. The fourth-order valence-electron chi connectivity index (χ4n) is 4.27. The zero-order chi connectivity index (χ0) is 24.2. The van der Waals surface area contributed by atoms with Gasteiger partial charge in [0.15, 0.2) is 0 Å². The van der Waals surface area contributed by atoms with Crippen molar-refractivity contribution in [1.82, 2.24) is 4.98 Å². The Kier molecular flexibility index (Phi) is 7.27. The zero-order valence-electron chi connectivity index (χ0n) is 19.4. The van der Waals surface area contributed by atoms with Crippen LogP contribution in [0.1, 0.15) is 49.4 Å². The van der Waals surface area contributed by atoms with Gasteiger partial charge < -0.3 is 20.1 Å². The molecule has 2 aliphatic rings. The molecule has 1 saturated heterocycles. The molecule has 3 N–H and O–H groups in total. The Bertz CT molecular complexity index is 1120. The van der Waals surface area contributed by atoms with E-state index in [0.717, 1.165) is 32.4 Å². The number of amides is 1. The maximum Gasteiger partial charge on any atom is 0.257 e. The average Bonchev–Trinajstić information content (AvgIpc) is 3.56. The summed E-state index contributed by atoms with van der Waals surface area (Å²) < 4.78 is 32.4. The molecular formula is C24H32N4O5S. The van der Waals surface area contributed by atoms with Crippen LogP contribution in [0.5, 0.6) is 5.88 Å². The fourth-order valence-corrected chi connectivity index (χ4v) is 5.10. The fraction of sp³-hybridized carbons (Fsp3) is 0.500. The number of ether oxygens (including phenoxy) is 1. The molecule has 0 unspecified atom stereocenters. The van der Waals surface area contributed by atoms with E-state index >= 15 is 0 Å². The third kappa shape index (κ3) is 5.98. The van der Waals surface area contributed by atoms with Gasteiger partial charge in [-0.15, -0.1) is 0 Å². The van der Waals surface area contributed by atoms with Crippen molar-refractivity contribution < 1.29 is 23.1 Å². The Balaban J connectivity index is 1.58. The van der Waals surface area contributed by atoms with Gasteiger partial charge >= 0.3 is 0 Å². The number of nitrogens with zero attached hydrogens (tertiary/aromatic N) is 2. The molecule has 2 aromatic rings. The number of aliphatic hydroxyl groups is 1. The summed E-state index contributed by atoms with van der Waals surface area (Å²) in [6.45, 7) is 3.71. The molecule has 1 spiro atoms. The number of sulfonamides is 1. The van der Waals surface area contributed by atoms with Crippen LogP contribution in [0.4, 0.5) is 17.1 Å². The van der Waals surface area contributed by atoms with E-state index in [0.29, 0.717) is 40.5 Å². The van der Waals surface area contributed by atoms with Gasteiger partial charge in [0.25, 0.3) is 5.91 Å². The molecule has 1 saturated carbocycles. The lowest BCUT2D eigenvalue weighted by Crippen LogP contribution is -2.35. The molecular weight excluding hydrogens is 456 g/mol. The molecule has 2 heterocycles. The van der Waals surface area contributed by atoms with Crippen molar-refractivity contribution in [2.24, 2.45) is 5.41 Å². The van der Waals surface area contributed by atoms with E-state index in [-0.39, 0.29) is 11.7 Å². The highest BCUT2D eigenvalue weighted by Gasteiger charge is 2.44. The van der Waals surface area contributed by atoms with Gasteiger partial charge in [-0.2, -0.15) is 0 Å². The normalized spacial score (nSPS) is 16.8. The molecule has 4 rings (SSSR count). The maximum atomic E-state index is 13.3. The number of pyridine rings is 1. The van der Waals surface area contributed by atoms with Gasteiger partial charge in [0.1, 0.15) is 0 Å². The maximum absolute atomic E-state index is 13.3. The Morgan fingerprint density at radius 2 is 1.91 bits per heavy atom. The predicted molar refractivity (Wildman–Crippen MR) is 132 cm³/mol. The molecule has 1 aromatic carbocycles. The molecule has 1 aromatic heterocycles. The topological polar surface area (TPSA) is 121 Å². The quantitative estimate of drug-likeness (QED) is 0.469. The van der Waals surface area contributed by atoms with Crippen molar-refractivity contribution in [2.45, 2.75) is 39.0 Å². The van der Waals surface area contributed by atoms with Crippen LogP contribution < -0.4 is 19.7 Å². The molecule has 0 radical (unpaired) electrons. The first kappa shape index (κ1) is 24.3. The van der Waals surface area contributed by atoms with Crippen LogP contribution in [-0.2, 0) is 10.0 Å². The SMILES string of the molecule is CCCOc1cc(NC(=O)c2ccc(NS(=O)(=O)CCO)cc2N2CCC3(CC2)CC3)ccn1. The van der Waals surface area contributed by atoms with E-state index in [1.54, 1.807) is 36.5 Å². The van der Waals surface area contributed by atoms with Gasteiger partial charge in [-0.25, -0.2) is 13.4 Å². The number of aromatic nitrogens is 1. The highest BCUT2D eigenvalue weighted by molar-refractivity contribution is 7.92. The first-order chi connectivity index (χ1) is 16.3. The van der Waals surface area contributed by atoms with Crippen LogP contribution in [0.2, 0.25) is 0 Å². The number of aliphatic hydroxyl groups excluding tert-OH is 1. The van der Waals surface area contributed by atoms with Crippen LogP contribution in [0.25, 0.3) is 0 Å². The minimum absolute atomic E-state index is 0.292. The second-order valence-electron chi connectivity index (χ2n) is 9.05. The lowest BCUT2D eigenvalue weighted by molar-refractivity contribution is 0.102. The molecule has 1 aliphatic heterocycles. The van der Waals surface area contributed by atoms with Crippen LogP contribution in [-0.4, -0.2) is 56.5 Å². The molecule has 184 valence electrons. The van der Waals surface area contributed by atoms with E-state index < -0.39 is 16.6 Å². The molecule has 9 nitrogen and oxygen atoms in total. The number of hydrogen-bond acceptors (Lipinski definition) is 7. The van der Waals surface area contributed by atoms with Crippen LogP contribution in [0, 0.1) is 5.41 Å². The largest absolute Gasteiger partial charge is 0.478 e. The zero-order valence-corrected chi connectivity index (χ0v) is 20.2. The lowest BCUT2D eigenvalue weighted by atomic mass is 9.93. The van der Waals surface area contributed by atoms with E-state index in [9.17, 15) is 13.2 Å². The Morgan fingerprint density at radius 1 is 1.15 bits per heavy atom. The third-order valence-electron chi connectivity index (χ3n) is 6.44. The predicted octanol–water partition coefficient (Wildman–Crippen LogP) is 3.24. The van der Waals surface area contributed by atoms with Crippen molar-refractivity contribution in [2.75, 3.05) is 47.0 Å². The minimum Gasteiger partial charge on any atom is -0.478 e. The highest BCUT2D eigenvalue weighted by atomic mass is 32.2. The van der Waals surface area contributed by atoms with Crippen molar-refractivity contribution in [1.29, 1.82) is 0 Å². The van der Waals surface area contributed by atoms with Gasteiger partial charge in [0, 0.05) is 31.0 Å². The van der Waals surface area contributed by atoms with E-state index in [2.05, 4.69) is 19.9 Å². The Labute approximate surface area is 200 Å². The summed E-state index contributed by atoms with van der Waals surface area (Å²) in [4.78, 5) is 19.6. The highest BCUT2D eigenvalue weighted by Crippen LogP contribution is 2.54. The summed E-state index contributed by atoms with van der Waals surface area (Å²) in [5, 5.41) is 11.9. The number of carbonyl (C=O) groups is 1. The van der Waals surface area contributed by atoms with Gasteiger partial charge in [0.2, 0.25) is 15.9 Å². The smallest absolute Gasteiger partial charge is 0.257 e. The second kappa shape index (κ2) is 10.2. The summed E-state index contributed by atoms with van der Waals surface area (Å²) in [7, 11) is -3.67. The minimum atomic E-state index is -3.67. The molecule has 10 heteroatoms. The number of piperidine rings is 1. The van der Waals surface area contributed by atoms with E-state index in [1.165, 1.54) is 12.8 Å². The first-order valence-corrected chi connectivity index (χ1v) is 13.4. The average molecular weight is 489 g/mol. The van der Waals surface area contributed by atoms with Gasteiger partial charge in [0.05, 0.1) is 35.9 Å².